The number of hydrogen-bond donors (Lipinski definition) is 0. The first-order valence-corrected chi connectivity index (χ1v) is 13.6. The maximum absolute atomic E-state index is 9.37. The summed E-state index contributed by atoms with van der Waals surface area (Å²) in [6, 6.07) is 34.3. The van der Waals surface area contributed by atoms with Crippen molar-refractivity contribution >= 4 is 27.3 Å². The summed E-state index contributed by atoms with van der Waals surface area (Å²) in [6.07, 6.45) is 8.33. The summed E-state index contributed by atoms with van der Waals surface area (Å²) in [4.78, 5) is 18.5. The van der Waals surface area contributed by atoms with Crippen molar-refractivity contribution in [3.05, 3.63) is 138 Å². The van der Waals surface area contributed by atoms with E-state index >= 15 is 0 Å². The Morgan fingerprint density at radius 3 is 1.95 bits per heavy atom. The molecule has 0 fully saturated rings. The second kappa shape index (κ2) is 10.5. The molecule has 6 heteroatoms. The number of aliphatic imine (C=N–C) groups is 1. The molecule has 0 spiro atoms. The van der Waals surface area contributed by atoms with Gasteiger partial charge in [0.15, 0.2) is 0 Å². The number of rotatable bonds is 4. The summed E-state index contributed by atoms with van der Waals surface area (Å²) in [5.41, 5.74) is 7.22. The van der Waals surface area contributed by atoms with Gasteiger partial charge in [-0.3, -0.25) is 4.99 Å². The third-order valence-corrected chi connectivity index (χ3v) is 7.58. The van der Waals surface area contributed by atoms with Crippen LogP contribution in [0, 0.1) is 22.7 Å². The maximum atomic E-state index is 9.37. The Bertz CT molecular complexity index is 2110. The lowest BCUT2D eigenvalue weighted by Crippen LogP contribution is -2.09. The van der Waals surface area contributed by atoms with Gasteiger partial charge in [-0.2, -0.15) is 10.5 Å². The van der Waals surface area contributed by atoms with Crippen molar-refractivity contribution in [1.29, 1.82) is 10.5 Å². The lowest BCUT2D eigenvalue weighted by atomic mass is 9.87. The predicted molar refractivity (Wildman–Crippen MR) is 165 cm³/mol. The standard InChI is InChI=1S/C36H22N6/c37-21-25-19-23(15-17-39-25)31-11-5-13-33(41-31)35-27-7-1-2-8-28(27)36(30-10-4-3-9-29(30)35)34-14-6-12-32(42-34)24-16-18-40-26(20-24)22-38/h1-11,13-20,32H,12H2. The Morgan fingerprint density at radius 1 is 0.643 bits per heavy atom. The van der Waals surface area contributed by atoms with E-state index in [1.54, 1.807) is 18.5 Å². The van der Waals surface area contributed by atoms with Crippen LogP contribution in [-0.2, 0) is 0 Å². The molecule has 7 rings (SSSR count). The van der Waals surface area contributed by atoms with Crippen LogP contribution in [0.2, 0.25) is 0 Å². The average molecular weight is 539 g/mol. The highest BCUT2D eigenvalue weighted by Crippen LogP contribution is 2.40. The van der Waals surface area contributed by atoms with Gasteiger partial charge in [0, 0.05) is 29.1 Å². The summed E-state index contributed by atoms with van der Waals surface area (Å²) in [5.74, 6) is 0. The molecule has 6 aromatic rings. The van der Waals surface area contributed by atoms with Crippen molar-refractivity contribution in [2.45, 2.75) is 12.5 Å². The molecule has 0 radical (unpaired) electrons. The van der Waals surface area contributed by atoms with Crippen LogP contribution in [-0.4, -0.2) is 20.7 Å². The first-order chi connectivity index (χ1) is 20.7. The zero-order valence-electron chi connectivity index (χ0n) is 22.4. The first kappa shape index (κ1) is 25.0. The molecule has 3 aromatic heterocycles. The van der Waals surface area contributed by atoms with E-state index in [-0.39, 0.29) is 6.04 Å². The van der Waals surface area contributed by atoms with E-state index in [2.05, 4.69) is 82.8 Å². The number of benzene rings is 3. The number of dihydropyridines is 1. The number of nitriles is 2. The maximum Gasteiger partial charge on any atom is 0.141 e. The van der Waals surface area contributed by atoms with Gasteiger partial charge in [0.1, 0.15) is 23.5 Å². The van der Waals surface area contributed by atoms with E-state index in [1.165, 1.54) is 0 Å². The van der Waals surface area contributed by atoms with Gasteiger partial charge in [0.25, 0.3) is 0 Å². The zero-order valence-corrected chi connectivity index (χ0v) is 22.4. The van der Waals surface area contributed by atoms with Gasteiger partial charge in [0.2, 0.25) is 0 Å². The quantitative estimate of drug-likeness (QED) is 0.214. The number of fused-ring (bicyclic) bond motifs is 2. The Labute approximate surface area is 242 Å². The van der Waals surface area contributed by atoms with Crippen molar-refractivity contribution in [3.63, 3.8) is 0 Å². The minimum atomic E-state index is -0.102. The number of allylic oxidation sites excluding steroid dienone is 1. The lowest BCUT2D eigenvalue weighted by Gasteiger charge is -2.21. The second-order valence-corrected chi connectivity index (χ2v) is 10.0. The van der Waals surface area contributed by atoms with Crippen LogP contribution in [0.25, 0.3) is 44.1 Å². The summed E-state index contributed by atoms with van der Waals surface area (Å²) < 4.78 is 0. The Kier molecular flexibility index (Phi) is 6.28. The summed E-state index contributed by atoms with van der Waals surface area (Å²) in [6.45, 7) is 0. The number of pyridine rings is 3. The summed E-state index contributed by atoms with van der Waals surface area (Å²) in [5, 5.41) is 23.1. The molecule has 3 aromatic carbocycles. The molecule has 0 N–H and O–H groups in total. The molecule has 0 saturated heterocycles. The third-order valence-electron chi connectivity index (χ3n) is 7.58. The molecule has 1 unspecified atom stereocenters. The minimum Gasteiger partial charge on any atom is -0.276 e. The van der Waals surface area contributed by atoms with Gasteiger partial charge in [-0.25, -0.2) is 15.0 Å². The fourth-order valence-electron chi connectivity index (χ4n) is 5.71. The molecule has 0 aliphatic carbocycles. The van der Waals surface area contributed by atoms with Crippen LogP contribution >= 0.6 is 0 Å². The highest BCUT2D eigenvalue weighted by atomic mass is 14.8. The molecule has 1 aliphatic heterocycles. The third kappa shape index (κ3) is 4.38. The molecule has 1 atom stereocenters. The molecular formula is C36H22N6. The minimum absolute atomic E-state index is 0.102. The SMILES string of the molecule is N#Cc1cc(-c2cccc(-c3c4ccccc4c(C4=NC(c5ccnc(C#N)c5)CC=C4)c4ccccc34)n2)ccn1. The van der Waals surface area contributed by atoms with E-state index in [4.69, 9.17) is 9.98 Å². The number of nitrogens with zero attached hydrogens (tertiary/aromatic N) is 6. The van der Waals surface area contributed by atoms with Crippen molar-refractivity contribution in [2.75, 3.05) is 0 Å². The molecular weight excluding hydrogens is 516 g/mol. The molecule has 6 nitrogen and oxygen atoms in total. The molecule has 42 heavy (non-hydrogen) atoms. The van der Waals surface area contributed by atoms with Crippen LogP contribution in [0.3, 0.4) is 0 Å². The van der Waals surface area contributed by atoms with Gasteiger partial charge < -0.3 is 0 Å². The fourth-order valence-corrected chi connectivity index (χ4v) is 5.71. The summed E-state index contributed by atoms with van der Waals surface area (Å²) in [7, 11) is 0. The molecule has 0 amide bonds. The molecule has 0 saturated carbocycles. The van der Waals surface area contributed by atoms with Crippen molar-refractivity contribution in [2.24, 2.45) is 4.99 Å². The van der Waals surface area contributed by atoms with Crippen LogP contribution in [0.4, 0.5) is 0 Å². The Balaban J connectivity index is 1.45. The predicted octanol–water partition coefficient (Wildman–Crippen LogP) is 7.75. The van der Waals surface area contributed by atoms with Crippen molar-refractivity contribution in [1.82, 2.24) is 15.0 Å². The van der Waals surface area contributed by atoms with Gasteiger partial charge in [-0.05, 0) is 76.0 Å². The monoisotopic (exact) mass is 538 g/mol. The largest absolute Gasteiger partial charge is 0.276 e. The van der Waals surface area contributed by atoms with Crippen molar-refractivity contribution < 1.29 is 0 Å². The lowest BCUT2D eigenvalue weighted by molar-refractivity contribution is 0.735. The van der Waals surface area contributed by atoms with Crippen molar-refractivity contribution in [3.8, 4) is 34.7 Å². The van der Waals surface area contributed by atoms with Gasteiger partial charge in [0.05, 0.1) is 23.1 Å². The van der Waals surface area contributed by atoms with Crippen LogP contribution in [0.1, 0.15) is 35.0 Å². The smallest absolute Gasteiger partial charge is 0.141 e. The number of hydrogen-bond acceptors (Lipinski definition) is 6. The molecule has 0 bridgehead atoms. The van der Waals surface area contributed by atoms with Gasteiger partial charge >= 0.3 is 0 Å². The normalized spacial score (nSPS) is 14.3. The highest BCUT2D eigenvalue weighted by Gasteiger charge is 2.21. The first-order valence-electron chi connectivity index (χ1n) is 13.6. The fraction of sp³-hybridized carbons (Fsp3) is 0.0556. The van der Waals surface area contributed by atoms with Crippen LogP contribution < -0.4 is 0 Å². The van der Waals surface area contributed by atoms with E-state index in [0.29, 0.717) is 11.4 Å². The van der Waals surface area contributed by atoms with Gasteiger partial charge in [-0.1, -0.05) is 60.7 Å². The van der Waals surface area contributed by atoms with Crippen LogP contribution in [0.5, 0.6) is 0 Å². The Hall–Kier alpha value is -5.98. The molecule has 4 heterocycles. The summed E-state index contributed by atoms with van der Waals surface area (Å²) >= 11 is 0. The van der Waals surface area contributed by atoms with Crippen LogP contribution in [0.15, 0.2) is 121 Å². The average Bonchev–Trinajstić information content (AvgIpc) is 3.07. The number of aromatic nitrogens is 3. The van der Waals surface area contributed by atoms with E-state index in [0.717, 1.165) is 67.3 Å². The zero-order chi connectivity index (χ0) is 28.5. The topological polar surface area (TPSA) is 98.6 Å². The van der Waals surface area contributed by atoms with Gasteiger partial charge in [-0.15, -0.1) is 0 Å². The molecule has 1 aliphatic rings. The highest BCUT2D eigenvalue weighted by molar-refractivity contribution is 6.28. The molecule has 196 valence electrons. The van der Waals surface area contributed by atoms with E-state index < -0.39 is 0 Å². The Morgan fingerprint density at radius 2 is 1.26 bits per heavy atom. The second-order valence-electron chi connectivity index (χ2n) is 10.0. The van der Waals surface area contributed by atoms with E-state index in [1.807, 2.05) is 36.4 Å². The van der Waals surface area contributed by atoms with E-state index in [9.17, 15) is 10.5 Å².